The van der Waals surface area contributed by atoms with Gasteiger partial charge in [-0.25, -0.2) is 9.37 Å². The van der Waals surface area contributed by atoms with Crippen molar-refractivity contribution in [2.75, 3.05) is 44.2 Å². The maximum Gasteiger partial charge on any atom is 0.237 e. The van der Waals surface area contributed by atoms with E-state index in [2.05, 4.69) is 30.7 Å². The Morgan fingerprint density at radius 2 is 2.00 bits per heavy atom. The first-order valence-corrected chi connectivity index (χ1v) is 9.96. The topological polar surface area (TPSA) is 39.7 Å². The number of halogens is 2. The maximum atomic E-state index is 14.0. The predicted octanol–water partition coefficient (Wildman–Crippen LogP) is 3.15. The van der Waals surface area contributed by atoms with Gasteiger partial charge in [0.25, 0.3) is 0 Å². The number of carbonyl (C=O) groups excluding carboxylic acids is 1. The number of hydrogen-bond donors (Lipinski definition) is 0. The molecule has 27 heavy (non-hydrogen) atoms. The van der Waals surface area contributed by atoms with E-state index >= 15 is 0 Å². The summed E-state index contributed by atoms with van der Waals surface area (Å²) in [7, 11) is 0. The second-order valence-corrected chi connectivity index (χ2v) is 7.51. The summed E-state index contributed by atoms with van der Waals surface area (Å²) in [5.74, 6) is 0.723. The highest BCUT2D eigenvalue weighted by molar-refractivity contribution is 9.10. The van der Waals surface area contributed by atoms with Gasteiger partial charge in [0.1, 0.15) is 11.6 Å². The van der Waals surface area contributed by atoms with E-state index in [0.29, 0.717) is 18.7 Å². The first-order valence-electron chi connectivity index (χ1n) is 9.17. The number of piperazine rings is 1. The predicted molar refractivity (Wildman–Crippen MR) is 108 cm³/mol. The number of pyridine rings is 1. The molecule has 144 valence electrons. The third-order valence-electron chi connectivity index (χ3n) is 4.81. The monoisotopic (exact) mass is 434 g/mol. The lowest BCUT2D eigenvalue weighted by molar-refractivity contribution is -0.132. The molecule has 3 rings (SSSR count). The Morgan fingerprint density at radius 1 is 1.22 bits per heavy atom. The molecule has 0 bridgehead atoms. The van der Waals surface area contributed by atoms with Crippen molar-refractivity contribution in [2.45, 2.75) is 13.5 Å². The molecule has 2 heterocycles. The average Bonchev–Trinajstić information content (AvgIpc) is 2.69. The highest BCUT2D eigenvalue weighted by atomic mass is 79.9. The van der Waals surface area contributed by atoms with Gasteiger partial charge in [-0.1, -0.05) is 22.0 Å². The molecule has 1 aromatic heterocycles. The van der Waals surface area contributed by atoms with Gasteiger partial charge in [0, 0.05) is 55.5 Å². The van der Waals surface area contributed by atoms with Crippen LogP contribution < -0.4 is 4.90 Å². The summed E-state index contributed by atoms with van der Waals surface area (Å²) < 4.78 is 14.8. The normalized spacial score (nSPS) is 15.0. The van der Waals surface area contributed by atoms with Crippen LogP contribution >= 0.6 is 15.9 Å². The SMILES string of the molecule is CCN(Cc1cc(Br)ccc1F)C(=O)CN1CCN(c2ccccn2)CC1. The average molecular weight is 435 g/mol. The molecule has 0 N–H and O–H groups in total. The lowest BCUT2D eigenvalue weighted by atomic mass is 10.2. The lowest BCUT2D eigenvalue weighted by Crippen LogP contribution is -2.50. The van der Waals surface area contributed by atoms with Crippen LogP contribution in [0, 0.1) is 5.82 Å². The van der Waals surface area contributed by atoms with Gasteiger partial charge in [-0.15, -0.1) is 0 Å². The van der Waals surface area contributed by atoms with Gasteiger partial charge in [-0.3, -0.25) is 9.69 Å². The van der Waals surface area contributed by atoms with Crippen LogP contribution in [0.2, 0.25) is 0 Å². The van der Waals surface area contributed by atoms with E-state index in [1.165, 1.54) is 6.07 Å². The third kappa shape index (κ3) is 5.26. The molecular weight excluding hydrogens is 411 g/mol. The minimum Gasteiger partial charge on any atom is -0.354 e. The smallest absolute Gasteiger partial charge is 0.237 e. The van der Waals surface area contributed by atoms with Gasteiger partial charge >= 0.3 is 0 Å². The Bertz CT molecular complexity index is 766. The fourth-order valence-corrected chi connectivity index (χ4v) is 3.62. The summed E-state index contributed by atoms with van der Waals surface area (Å²) >= 11 is 3.36. The minimum absolute atomic E-state index is 0.0307. The summed E-state index contributed by atoms with van der Waals surface area (Å²) in [6, 6.07) is 10.7. The van der Waals surface area contributed by atoms with E-state index in [-0.39, 0.29) is 18.3 Å². The number of hydrogen-bond acceptors (Lipinski definition) is 4. The summed E-state index contributed by atoms with van der Waals surface area (Å²) in [6.07, 6.45) is 1.80. The second-order valence-electron chi connectivity index (χ2n) is 6.59. The van der Waals surface area contributed by atoms with Gasteiger partial charge in [0.2, 0.25) is 5.91 Å². The van der Waals surface area contributed by atoms with Crippen molar-refractivity contribution in [1.29, 1.82) is 0 Å². The molecule has 1 aliphatic rings. The number of anilines is 1. The van der Waals surface area contributed by atoms with Crippen LogP contribution in [0.5, 0.6) is 0 Å². The molecule has 1 aromatic carbocycles. The van der Waals surface area contributed by atoms with E-state index in [1.807, 2.05) is 25.1 Å². The molecular formula is C20H24BrFN4O. The van der Waals surface area contributed by atoms with Crippen LogP contribution in [-0.2, 0) is 11.3 Å². The molecule has 5 nitrogen and oxygen atoms in total. The first kappa shape index (κ1) is 19.8. The first-order chi connectivity index (χ1) is 13.1. The number of nitrogens with zero attached hydrogens (tertiary/aromatic N) is 4. The lowest BCUT2D eigenvalue weighted by Gasteiger charge is -2.36. The molecule has 1 fully saturated rings. The number of amides is 1. The molecule has 1 aliphatic heterocycles. The zero-order valence-corrected chi connectivity index (χ0v) is 17.0. The molecule has 0 spiro atoms. The van der Waals surface area contributed by atoms with Gasteiger partial charge in [-0.2, -0.15) is 0 Å². The van der Waals surface area contributed by atoms with Crippen molar-refractivity contribution < 1.29 is 9.18 Å². The molecule has 1 amide bonds. The van der Waals surface area contributed by atoms with Crippen molar-refractivity contribution >= 4 is 27.7 Å². The number of benzene rings is 1. The minimum atomic E-state index is -0.284. The molecule has 0 saturated carbocycles. The largest absolute Gasteiger partial charge is 0.354 e. The van der Waals surface area contributed by atoms with Crippen molar-refractivity contribution in [3.05, 3.63) is 58.4 Å². The Balaban J connectivity index is 1.54. The van der Waals surface area contributed by atoms with E-state index in [4.69, 9.17) is 0 Å². The van der Waals surface area contributed by atoms with E-state index in [1.54, 1.807) is 23.2 Å². The number of carbonyl (C=O) groups is 1. The van der Waals surface area contributed by atoms with Crippen LogP contribution in [0.15, 0.2) is 47.1 Å². The van der Waals surface area contributed by atoms with Crippen molar-refractivity contribution in [1.82, 2.24) is 14.8 Å². The Morgan fingerprint density at radius 3 is 2.67 bits per heavy atom. The Hall–Kier alpha value is -1.99. The fraction of sp³-hybridized carbons (Fsp3) is 0.400. The molecule has 0 unspecified atom stereocenters. The standard InChI is InChI=1S/C20H24BrFN4O/c1-2-25(14-16-13-17(21)6-7-18(16)22)20(27)15-24-9-11-26(12-10-24)19-5-3-4-8-23-19/h3-8,13H,2,9-12,14-15H2,1H3. The molecule has 0 radical (unpaired) electrons. The van der Waals surface area contributed by atoms with E-state index < -0.39 is 0 Å². The van der Waals surface area contributed by atoms with Crippen molar-refractivity contribution in [3.8, 4) is 0 Å². The number of rotatable bonds is 6. The molecule has 7 heteroatoms. The second kappa shape index (κ2) is 9.28. The summed E-state index contributed by atoms with van der Waals surface area (Å²) in [5.41, 5.74) is 0.527. The zero-order chi connectivity index (χ0) is 19.2. The summed E-state index contributed by atoms with van der Waals surface area (Å²) in [5, 5.41) is 0. The highest BCUT2D eigenvalue weighted by Crippen LogP contribution is 2.18. The number of likely N-dealkylation sites (N-methyl/N-ethyl adjacent to an activating group) is 1. The highest BCUT2D eigenvalue weighted by Gasteiger charge is 2.22. The number of aromatic nitrogens is 1. The van der Waals surface area contributed by atoms with Gasteiger partial charge in [0.05, 0.1) is 6.54 Å². The van der Waals surface area contributed by atoms with Crippen molar-refractivity contribution in [3.63, 3.8) is 0 Å². The van der Waals surface area contributed by atoms with Crippen LogP contribution in [0.25, 0.3) is 0 Å². The van der Waals surface area contributed by atoms with Crippen LogP contribution in [0.3, 0.4) is 0 Å². The molecule has 2 aromatic rings. The quantitative estimate of drug-likeness (QED) is 0.699. The summed E-state index contributed by atoms with van der Waals surface area (Å²) in [4.78, 5) is 23.2. The zero-order valence-electron chi connectivity index (χ0n) is 15.4. The molecule has 1 saturated heterocycles. The Labute approximate surface area is 167 Å². The molecule has 0 atom stereocenters. The fourth-order valence-electron chi connectivity index (χ4n) is 3.21. The summed E-state index contributed by atoms with van der Waals surface area (Å²) in [6.45, 7) is 6.43. The maximum absolute atomic E-state index is 14.0. The molecule has 0 aliphatic carbocycles. The Kier molecular flexibility index (Phi) is 6.79. The van der Waals surface area contributed by atoms with Crippen LogP contribution in [0.1, 0.15) is 12.5 Å². The van der Waals surface area contributed by atoms with Gasteiger partial charge in [-0.05, 0) is 37.3 Å². The van der Waals surface area contributed by atoms with Crippen LogP contribution in [0.4, 0.5) is 10.2 Å². The third-order valence-corrected chi connectivity index (χ3v) is 5.30. The van der Waals surface area contributed by atoms with Crippen LogP contribution in [-0.4, -0.2) is 60.0 Å². The van der Waals surface area contributed by atoms with E-state index in [0.717, 1.165) is 36.5 Å². The van der Waals surface area contributed by atoms with Gasteiger partial charge < -0.3 is 9.80 Å². The van der Waals surface area contributed by atoms with Gasteiger partial charge in [0.15, 0.2) is 0 Å². The van der Waals surface area contributed by atoms with E-state index in [9.17, 15) is 9.18 Å². The van der Waals surface area contributed by atoms with Crippen molar-refractivity contribution in [2.24, 2.45) is 0 Å².